The Bertz CT molecular complexity index is 353. The summed E-state index contributed by atoms with van der Waals surface area (Å²) in [5.41, 5.74) is 6.01. The number of likely N-dealkylation sites (tertiary alicyclic amines) is 1. The molecule has 96 valence electrons. The highest BCUT2D eigenvalue weighted by atomic mass is 79.9. The van der Waals surface area contributed by atoms with Crippen molar-refractivity contribution in [1.82, 2.24) is 4.90 Å². The minimum Gasteiger partial charge on any atom is -0.329 e. The number of rotatable bonds is 4. The summed E-state index contributed by atoms with van der Waals surface area (Å²) in [4.78, 5) is 4.03. The molecule has 2 nitrogen and oxygen atoms in total. The van der Waals surface area contributed by atoms with E-state index in [1.54, 1.807) is 0 Å². The minimum atomic E-state index is 0.413. The second-order valence-electron chi connectivity index (χ2n) is 4.69. The molecule has 2 atom stereocenters. The molecule has 0 radical (unpaired) electrons. The molecule has 0 aliphatic carbocycles. The van der Waals surface area contributed by atoms with Gasteiger partial charge in [-0.2, -0.15) is 0 Å². The van der Waals surface area contributed by atoms with Crippen LogP contribution in [-0.2, 0) is 0 Å². The lowest BCUT2D eigenvalue weighted by molar-refractivity contribution is 0.0966. The number of piperidine rings is 1. The van der Waals surface area contributed by atoms with Crippen LogP contribution in [0.3, 0.4) is 0 Å². The lowest BCUT2D eigenvalue weighted by Gasteiger charge is -2.40. The van der Waals surface area contributed by atoms with Crippen LogP contribution >= 0.6 is 27.3 Å². The predicted octanol–water partition coefficient (Wildman–Crippen LogP) is 3.77. The first-order valence-electron chi connectivity index (χ1n) is 6.47. The molecule has 0 amide bonds. The molecule has 1 aliphatic heterocycles. The molecule has 1 aromatic heterocycles. The van der Waals surface area contributed by atoms with Crippen molar-refractivity contribution in [2.75, 3.05) is 13.1 Å². The van der Waals surface area contributed by atoms with Gasteiger partial charge in [-0.15, -0.1) is 11.3 Å². The van der Waals surface area contributed by atoms with Crippen LogP contribution in [0, 0.1) is 0 Å². The Balaban J connectivity index is 2.16. The Labute approximate surface area is 116 Å². The van der Waals surface area contributed by atoms with Gasteiger partial charge in [-0.25, -0.2) is 0 Å². The molecule has 1 saturated heterocycles. The molecule has 0 saturated carbocycles. The van der Waals surface area contributed by atoms with E-state index in [9.17, 15) is 0 Å². The molecule has 1 fully saturated rings. The summed E-state index contributed by atoms with van der Waals surface area (Å²) in [6.07, 6.45) is 5.27. The fraction of sp³-hybridized carbons (Fsp3) is 0.692. The molecule has 2 heterocycles. The fourth-order valence-corrected chi connectivity index (χ4v) is 4.35. The van der Waals surface area contributed by atoms with Crippen molar-refractivity contribution >= 4 is 27.3 Å². The smallest absolute Gasteiger partial charge is 0.0702 e. The first-order valence-corrected chi connectivity index (χ1v) is 8.08. The van der Waals surface area contributed by atoms with Gasteiger partial charge in [0.25, 0.3) is 0 Å². The number of hydrogen-bond donors (Lipinski definition) is 1. The Morgan fingerprint density at radius 2 is 2.35 bits per heavy atom. The van der Waals surface area contributed by atoms with E-state index in [4.69, 9.17) is 5.73 Å². The standard InChI is InChI=1S/C13H21BrN2S/c1-2-10-5-3-4-8-16(10)11(9-15)12-6-7-13(14)17-12/h6-7,10-11H,2-5,8-9,15H2,1H3. The SMILES string of the molecule is CCC1CCCCN1C(CN)c1ccc(Br)s1. The quantitative estimate of drug-likeness (QED) is 0.916. The van der Waals surface area contributed by atoms with E-state index in [1.807, 2.05) is 11.3 Å². The summed E-state index contributed by atoms with van der Waals surface area (Å²) >= 11 is 5.37. The minimum absolute atomic E-state index is 0.413. The number of nitrogens with two attached hydrogens (primary N) is 1. The zero-order valence-corrected chi connectivity index (χ0v) is 12.8. The van der Waals surface area contributed by atoms with Gasteiger partial charge in [0.15, 0.2) is 0 Å². The maximum Gasteiger partial charge on any atom is 0.0702 e. The van der Waals surface area contributed by atoms with Crippen LogP contribution in [0.5, 0.6) is 0 Å². The summed E-state index contributed by atoms with van der Waals surface area (Å²) in [6, 6.07) is 5.48. The van der Waals surface area contributed by atoms with E-state index in [-0.39, 0.29) is 0 Å². The first kappa shape index (κ1) is 13.5. The lowest BCUT2D eigenvalue weighted by Crippen LogP contribution is -2.43. The van der Waals surface area contributed by atoms with Gasteiger partial charge < -0.3 is 5.73 Å². The molecule has 1 aromatic rings. The van der Waals surface area contributed by atoms with Gasteiger partial charge in [0.05, 0.1) is 9.83 Å². The molecule has 0 aromatic carbocycles. The second kappa shape index (κ2) is 6.32. The molecular weight excluding hydrogens is 296 g/mol. The fourth-order valence-electron chi connectivity index (χ4n) is 2.79. The van der Waals surface area contributed by atoms with E-state index in [2.05, 4.69) is 39.9 Å². The van der Waals surface area contributed by atoms with Gasteiger partial charge in [0.1, 0.15) is 0 Å². The van der Waals surface area contributed by atoms with Crippen molar-refractivity contribution in [2.45, 2.75) is 44.7 Å². The Kier molecular flexibility index (Phi) is 5.03. The highest BCUT2D eigenvalue weighted by molar-refractivity contribution is 9.11. The third-order valence-electron chi connectivity index (χ3n) is 3.69. The number of thiophene rings is 1. The Morgan fingerprint density at radius 1 is 1.53 bits per heavy atom. The molecule has 4 heteroatoms. The van der Waals surface area contributed by atoms with Gasteiger partial charge in [-0.05, 0) is 53.9 Å². The van der Waals surface area contributed by atoms with Gasteiger partial charge in [0.2, 0.25) is 0 Å². The van der Waals surface area contributed by atoms with E-state index in [1.165, 1.54) is 40.9 Å². The third-order valence-corrected chi connectivity index (χ3v) is 5.41. The predicted molar refractivity (Wildman–Crippen MR) is 78.5 cm³/mol. The zero-order valence-electron chi connectivity index (χ0n) is 10.4. The highest BCUT2D eigenvalue weighted by Gasteiger charge is 2.28. The maximum atomic E-state index is 6.01. The average molecular weight is 317 g/mol. The van der Waals surface area contributed by atoms with Crippen LogP contribution in [0.15, 0.2) is 15.9 Å². The van der Waals surface area contributed by atoms with Gasteiger partial charge in [-0.1, -0.05) is 13.3 Å². The topological polar surface area (TPSA) is 29.3 Å². The average Bonchev–Trinajstić information content (AvgIpc) is 2.77. The summed E-state index contributed by atoms with van der Waals surface area (Å²) in [5, 5.41) is 0. The van der Waals surface area contributed by atoms with Crippen LogP contribution in [0.2, 0.25) is 0 Å². The molecule has 0 spiro atoms. The van der Waals surface area contributed by atoms with Crippen molar-refractivity contribution < 1.29 is 0 Å². The van der Waals surface area contributed by atoms with E-state index in [0.717, 1.165) is 12.6 Å². The molecule has 2 unspecified atom stereocenters. The summed E-state index contributed by atoms with van der Waals surface area (Å²) in [6.45, 7) is 4.22. The largest absolute Gasteiger partial charge is 0.329 e. The maximum absolute atomic E-state index is 6.01. The number of halogens is 1. The van der Waals surface area contributed by atoms with Crippen molar-refractivity contribution in [3.8, 4) is 0 Å². The summed E-state index contributed by atoms with van der Waals surface area (Å²) in [5.74, 6) is 0. The van der Waals surface area contributed by atoms with Gasteiger partial charge in [0, 0.05) is 17.5 Å². The molecule has 0 bridgehead atoms. The number of nitrogens with zero attached hydrogens (tertiary/aromatic N) is 1. The van der Waals surface area contributed by atoms with Crippen molar-refractivity contribution in [1.29, 1.82) is 0 Å². The zero-order chi connectivity index (χ0) is 12.3. The summed E-state index contributed by atoms with van der Waals surface area (Å²) in [7, 11) is 0. The molecule has 17 heavy (non-hydrogen) atoms. The number of hydrogen-bond acceptors (Lipinski definition) is 3. The van der Waals surface area contributed by atoms with Crippen LogP contribution in [0.4, 0.5) is 0 Å². The van der Waals surface area contributed by atoms with Crippen LogP contribution in [-0.4, -0.2) is 24.0 Å². The highest BCUT2D eigenvalue weighted by Crippen LogP contribution is 2.34. The first-order chi connectivity index (χ1) is 8.26. The van der Waals surface area contributed by atoms with Crippen molar-refractivity contribution in [3.63, 3.8) is 0 Å². The molecule has 2 N–H and O–H groups in total. The van der Waals surface area contributed by atoms with E-state index in [0.29, 0.717) is 6.04 Å². The summed E-state index contributed by atoms with van der Waals surface area (Å²) < 4.78 is 1.20. The molecular formula is C13H21BrN2S. The monoisotopic (exact) mass is 316 g/mol. The molecule has 1 aliphatic rings. The normalized spacial score (nSPS) is 23.8. The van der Waals surface area contributed by atoms with Crippen LogP contribution in [0.1, 0.15) is 43.5 Å². The third kappa shape index (κ3) is 3.11. The molecule has 2 rings (SSSR count). The van der Waals surface area contributed by atoms with Gasteiger partial charge >= 0.3 is 0 Å². The van der Waals surface area contributed by atoms with Crippen LogP contribution in [0.25, 0.3) is 0 Å². The van der Waals surface area contributed by atoms with Crippen molar-refractivity contribution in [2.24, 2.45) is 5.73 Å². The lowest BCUT2D eigenvalue weighted by atomic mass is 9.97. The van der Waals surface area contributed by atoms with E-state index < -0.39 is 0 Å². The Hall–Kier alpha value is 0.1000. The van der Waals surface area contributed by atoms with Crippen LogP contribution < -0.4 is 5.73 Å². The second-order valence-corrected chi connectivity index (χ2v) is 7.18. The van der Waals surface area contributed by atoms with E-state index >= 15 is 0 Å². The van der Waals surface area contributed by atoms with Gasteiger partial charge in [-0.3, -0.25) is 4.90 Å². The Morgan fingerprint density at radius 3 is 2.94 bits per heavy atom. The van der Waals surface area contributed by atoms with Crippen molar-refractivity contribution in [3.05, 3.63) is 20.8 Å².